The highest BCUT2D eigenvalue weighted by molar-refractivity contribution is 7.90. The Hall–Kier alpha value is -0.0900. The molecule has 0 spiro atoms. The Morgan fingerprint density at radius 1 is 1.46 bits per heavy atom. The summed E-state index contributed by atoms with van der Waals surface area (Å²) in [6, 6.07) is 0. The predicted octanol–water partition coefficient (Wildman–Crippen LogP) is 0.972. The molecule has 0 aromatic rings. The molecule has 0 heterocycles. The lowest BCUT2D eigenvalue weighted by molar-refractivity contribution is 0.0106. The van der Waals surface area contributed by atoms with Gasteiger partial charge in [-0.1, -0.05) is 6.92 Å². The summed E-state index contributed by atoms with van der Waals surface area (Å²) in [7, 11) is -2.93. The van der Waals surface area contributed by atoms with Gasteiger partial charge in [0.25, 0.3) is 0 Å². The van der Waals surface area contributed by atoms with E-state index in [-0.39, 0.29) is 5.75 Å². The minimum Gasteiger partial charge on any atom is -0.390 e. The summed E-state index contributed by atoms with van der Waals surface area (Å²) in [6.07, 6.45) is 4.37. The molecule has 0 saturated heterocycles. The van der Waals surface area contributed by atoms with E-state index in [1.807, 2.05) is 6.92 Å². The smallest absolute Gasteiger partial charge is 0.147 e. The van der Waals surface area contributed by atoms with Gasteiger partial charge in [0.2, 0.25) is 0 Å². The molecule has 1 aliphatic rings. The molecule has 1 aliphatic carbocycles. The normalized spacial score (nSPS) is 22.7. The topological polar surface area (TPSA) is 54.4 Å². The predicted molar refractivity (Wildman–Crippen MR) is 52.3 cm³/mol. The summed E-state index contributed by atoms with van der Waals surface area (Å²) in [5.41, 5.74) is -0.719. The van der Waals surface area contributed by atoms with E-state index < -0.39 is 15.4 Å². The van der Waals surface area contributed by atoms with Gasteiger partial charge in [0, 0.05) is 6.26 Å². The lowest BCUT2D eigenvalue weighted by Crippen LogP contribution is -2.32. The van der Waals surface area contributed by atoms with E-state index in [4.69, 9.17) is 0 Å². The molecule has 0 aliphatic heterocycles. The lowest BCUT2D eigenvalue weighted by atomic mass is 9.92. The van der Waals surface area contributed by atoms with Gasteiger partial charge in [0.15, 0.2) is 0 Å². The minimum absolute atomic E-state index is 0.105. The van der Waals surface area contributed by atoms with E-state index in [1.165, 1.54) is 6.26 Å². The zero-order chi connectivity index (χ0) is 10.1. The quantitative estimate of drug-likeness (QED) is 0.729. The zero-order valence-corrected chi connectivity index (χ0v) is 9.10. The van der Waals surface area contributed by atoms with Crippen LogP contribution in [0.4, 0.5) is 0 Å². The fraction of sp³-hybridized carbons (Fsp3) is 1.00. The molecule has 1 unspecified atom stereocenters. The number of hydrogen-bond donors (Lipinski definition) is 1. The third-order valence-corrected chi connectivity index (χ3v) is 3.80. The van der Waals surface area contributed by atoms with E-state index in [0.29, 0.717) is 18.8 Å². The fourth-order valence-corrected chi connectivity index (χ4v) is 2.38. The Morgan fingerprint density at radius 2 is 2.00 bits per heavy atom. The molecule has 1 N–H and O–H groups in total. The van der Waals surface area contributed by atoms with Gasteiger partial charge < -0.3 is 5.11 Å². The van der Waals surface area contributed by atoms with Crippen LogP contribution in [0.15, 0.2) is 0 Å². The lowest BCUT2D eigenvalue weighted by Gasteiger charge is -2.26. The number of hydrogen-bond acceptors (Lipinski definition) is 3. The van der Waals surface area contributed by atoms with E-state index in [9.17, 15) is 13.5 Å². The summed E-state index contributed by atoms with van der Waals surface area (Å²) < 4.78 is 21.9. The average molecular weight is 206 g/mol. The van der Waals surface area contributed by atoms with Crippen molar-refractivity contribution in [2.24, 2.45) is 5.92 Å². The second kappa shape index (κ2) is 3.58. The molecular formula is C9H18O3S. The first-order valence-corrected chi connectivity index (χ1v) is 6.83. The van der Waals surface area contributed by atoms with E-state index >= 15 is 0 Å². The van der Waals surface area contributed by atoms with Crippen molar-refractivity contribution < 1.29 is 13.5 Å². The molecule has 1 rings (SSSR count). The Kier molecular flexibility index (Phi) is 3.02. The maximum absolute atomic E-state index is 10.9. The van der Waals surface area contributed by atoms with Crippen molar-refractivity contribution >= 4 is 9.84 Å². The van der Waals surface area contributed by atoms with Gasteiger partial charge in [-0.2, -0.15) is 0 Å². The second-order valence-electron chi connectivity index (χ2n) is 4.11. The van der Waals surface area contributed by atoms with Crippen LogP contribution in [0.2, 0.25) is 0 Å². The molecule has 1 saturated carbocycles. The van der Waals surface area contributed by atoms with Crippen molar-refractivity contribution in [2.75, 3.05) is 12.0 Å². The minimum atomic E-state index is -2.93. The maximum Gasteiger partial charge on any atom is 0.147 e. The Labute approximate surface area is 80.1 Å². The molecule has 3 nitrogen and oxygen atoms in total. The van der Waals surface area contributed by atoms with Crippen LogP contribution in [0.5, 0.6) is 0 Å². The van der Waals surface area contributed by atoms with Gasteiger partial charge in [-0.15, -0.1) is 0 Å². The van der Waals surface area contributed by atoms with Gasteiger partial charge in [0.05, 0.1) is 11.4 Å². The molecule has 1 fully saturated rings. The second-order valence-corrected chi connectivity index (χ2v) is 6.37. The monoisotopic (exact) mass is 206 g/mol. The van der Waals surface area contributed by atoms with Crippen LogP contribution in [0, 0.1) is 5.92 Å². The van der Waals surface area contributed by atoms with E-state index in [0.717, 1.165) is 12.8 Å². The Bertz CT molecular complexity index is 267. The molecule has 1 atom stereocenters. The van der Waals surface area contributed by atoms with Crippen molar-refractivity contribution in [1.29, 1.82) is 0 Å². The molecule has 0 amide bonds. The van der Waals surface area contributed by atoms with Gasteiger partial charge >= 0.3 is 0 Å². The van der Waals surface area contributed by atoms with Gasteiger partial charge in [-0.25, -0.2) is 8.42 Å². The molecular weight excluding hydrogens is 188 g/mol. The summed E-state index contributed by atoms with van der Waals surface area (Å²) >= 11 is 0. The number of aliphatic hydroxyl groups is 1. The zero-order valence-electron chi connectivity index (χ0n) is 8.28. The standard InChI is InChI=1S/C9H18O3S/c1-3-9(10,8-4-5-8)6-7-13(2,11)12/h8,10H,3-7H2,1-2H3. The summed E-state index contributed by atoms with van der Waals surface area (Å²) in [6.45, 7) is 1.92. The van der Waals surface area contributed by atoms with Crippen LogP contribution < -0.4 is 0 Å². The third kappa shape index (κ3) is 3.27. The first-order valence-electron chi connectivity index (χ1n) is 4.77. The maximum atomic E-state index is 10.9. The van der Waals surface area contributed by atoms with Crippen molar-refractivity contribution in [2.45, 2.75) is 38.2 Å². The van der Waals surface area contributed by atoms with Crippen molar-refractivity contribution in [3.63, 3.8) is 0 Å². The third-order valence-electron chi connectivity index (χ3n) is 2.86. The molecule has 13 heavy (non-hydrogen) atoms. The summed E-state index contributed by atoms with van der Waals surface area (Å²) in [4.78, 5) is 0. The van der Waals surface area contributed by atoms with Crippen LogP contribution >= 0.6 is 0 Å². The first kappa shape index (κ1) is 11.0. The highest BCUT2D eigenvalue weighted by Gasteiger charge is 2.42. The van der Waals surface area contributed by atoms with E-state index in [2.05, 4.69) is 0 Å². The van der Waals surface area contributed by atoms with Crippen molar-refractivity contribution in [3.05, 3.63) is 0 Å². The summed E-state index contributed by atoms with van der Waals surface area (Å²) in [5, 5.41) is 10.1. The van der Waals surface area contributed by atoms with Gasteiger partial charge in [-0.3, -0.25) is 0 Å². The molecule has 4 heteroatoms. The van der Waals surface area contributed by atoms with Crippen LogP contribution in [0.1, 0.15) is 32.6 Å². The highest BCUT2D eigenvalue weighted by Crippen LogP contribution is 2.43. The molecule has 0 aromatic heterocycles. The fourth-order valence-electron chi connectivity index (χ4n) is 1.65. The Balaban J connectivity index is 2.49. The van der Waals surface area contributed by atoms with E-state index in [1.54, 1.807) is 0 Å². The first-order chi connectivity index (χ1) is 5.87. The Morgan fingerprint density at radius 3 is 2.31 bits per heavy atom. The average Bonchev–Trinajstić information content (AvgIpc) is 2.81. The number of rotatable bonds is 5. The highest BCUT2D eigenvalue weighted by atomic mass is 32.2. The van der Waals surface area contributed by atoms with Crippen molar-refractivity contribution in [1.82, 2.24) is 0 Å². The van der Waals surface area contributed by atoms with Gasteiger partial charge in [-0.05, 0) is 31.6 Å². The SMILES string of the molecule is CCC(O)(CCS(C)(=O)=O)C1CC1. The van der Waals surface area contributed by atoms with Crippen LogP contribution in [-0.4, -0.2) is 31.1 Å². The van der Waals surface area contributed by atoms with Gasteiger partial charge in [0.1, 0.15) is 9.84 Å². The van der Waals surface area contributed by atoms with Crippen LogP contribution in [0.3, 0.4) is 0 Å². The molecule has 0 radical (unpaired) electrons. The van der Waals surface area contributed by atoms with Crippen LogP contribution in [0.25, 0.3) is 0 Å². The molecule has 78 valence electrons. The van der Waals surface area contributed by atoms with Crippen molar-refractivity contribution in [3.8, 4) is 0 Å². The number of sulfone groups is 1. The largest absolute Gasteiger partial charge is 0.390 e. The molecule has 0 bridgehead atoms. The van der Waals surface area contributed by atoms with Crippen LogP contribution in [-0.2, 0) is 9.84 Å². The summed E-state index contributed by atoms with van der Waals surface area (Å²) in [5.74, 6) is 0.452. The molecule has 0 aromatic carbocycles.